The highest BCUT2D eigenvalue weighted by molar-refractivity contribution is 7.22. The molecule has 1 aromatic heterocycles. The Hall–Kier alpha value is -0.510. The summed E-state index contributed by atoms with van der Waals surface area (Å²) in [4.78, 5) is 4.17. The van der Waals surface area contributed by atoms with Crippen molar-refractivity contribution in [2.24, 2.45) is 0 Å². The largest absolute Gasteiger partial charge is 0.375 e. The SMILES string of the molecule is Cc1c(Cl)c(Cl)cc2sc(N)nc12. The molecule has 0 aliphatic rings. The van der Waals surface area contributed by atoms with E-state index in [1.165, 1.54) is 11.3 Å². The molecule has 2 rings (SSSR count). The molecule has 2 N–H and O–H groups in total. The minimum absolute atomic E-state index is 0.538. The molecule has 1 heterocycles. The number of nitrogens with zero attached hydrogens (tertiary/aromatic N) is 1. The first kappa shape index (κ1) is 9.06. The third-order valence-electron chi connectivity index (χ3n) is 1.82. The van der Waals surface area contributed by atoms with Crippen LogP contribution in [0.4, 0.5) is 5.13 Å². The van der Waals surface area contributed by atoms with Crippen molar-refractivity contribution in [1.29, 1.82) is 0 Å². The van der Waals surface area contributed by atoms with Crippen molar-refractivity contribution >= 4 is 49.9 Å². The van der Waals surface area contributed by atoms with Crippen molar-refractivity contribution in [1.82, 2.24) is 4.98 Å². The third kappa shape index (κ3) is 1.37. The fraction of sp³-hybridized carbons (Fsp3) is 0.125. The maximum Gasteiger partial charge on any atom is 0.181 e. The van der Waals surface area contributed by atoms with Crippen molar-refractivity contribution in [3.63, 3.8) is 0 Å². The molecule has 0 saturated heterocycles. The van der Waals surface area contributed by atoms with Gasteiger partial charge >= 0.3 is 0 Å². The smallest absolute Gasteiger partial charge is 0.181 e. The molecule has 0 fully saturated rings. The number of nitrogen functional groups attached to an aromatic ring is 1. The van der Waals surface area contributed by atoms with Crippen molar-refractivity contribution < 1.29 is 0 Å². The van der Waals surface area contributed by atoms with Gasteiger partial charge in [-0.25, -0.2) is 4.98 Å². The second-order valence-corrected chi connectivity index (χ2v) is 4.54. The number of hydrogen-bond donors (Lipinski definition) is 1. The molecule has 1 aromatic carbocycles. The lowest BCUT2D eigenvalue weighted by Crippen LogP contribution is -1.82. The van der Waals surface area contributed by atoms with Crippen LogP contribution in [0.25, 0.3) is 10.2 Å². The zero-order chi connectivity index (χ0) is 9.59. The van der Waals surface area contributed by atoms with Gasteiger partial charge in [0.1, 0.15) is 0 Å². The van der Waals surface area contributed by atoms with Gasteiger partial charge in [-0.15, -0.1) is 0 Å². The monoisotopic (exact) mass is 232 g/mol. The number of halogens is 2. The minimum Gasteiger partial charge on any atom is -0.375 e. The van der Waals surface area contributed by atoms with E-state index < -0.39 is 0 Å². The first-order chi connectivity index (χ1) is 6.09. The number of thiazole rings is 1. The number of anilines is 1. The predicted octanol–water partition coefficient (Wildman–Crippen LogP) is 3.49. The zero-order valence-corrected chi connectivity index (χ0v) is 9.09. The van der Waals surface area contributed by atoms with Crippen LogP contribution in [0.5, 0.6) is 0 Å². The molecule has 0 unspecified atom stereocenters. The molecule has 5 heteroatoms. The summed E-state index contributed by atoms with van der Waals surface area (Å²) in [6, 6.07) is 1.79. The average Bonchev–Trinajstić information content (AvgIpc) is 2.42. The van der Waals surface area contributed by atoms with Crippen LogP contribution >= 0.6 is 34.5 Å². The molecular weight excluding hydrogens is 227 g/mol. The van der Waals surface area contributed by atoms with Gasteiger partial charge in [-0.2, -0.15) is 0 Å². The molecule has 0 radical (unpaired) electrons. The summed E-state index contributed by atoms with van der Waals surface area (Å²) in [6.45, 7) is 1.88. The molecule has 0 aliphatic carbocycles. The molecule has 0 aliphatic heterocycles. The van der Waals surface area contributed by atoms with E-state index in [4.69, 9.17) is 28.9 Å². The number of nitrogens with two attached hydrogens (primary N) is 1. The number of aryl methyl sites for hydroxylation is 1. The highest BCUT2D eigenvalue weighted by Gasteiger charge is 2.10. The van der Waals surface area contributed by atoms with Crippen molar-refractivity contribution in [2.75, 3.05) is 5.73 Å². The summed E-state index contributed by atoms with van der Waals surface area (Å²) < 4.78 is 0.976. The molecule has 0 amide bonds. The summed E-state index contributed by atoms with van der Waals surface area (Å²) in [7, 11) is 0. The summed E-state index contributed by atoms with van der Waals surface area (Å²) >= 11 is 13.3. The Morgan fingerprint density at radius 1 is 1.46 bits per heavy atom. The Bertz CT molecular complexity index is 478. The lowest BCUT2D eigenvalue weighted by molar-refractivity contribution is 1.43. The van der Waals surface area contributed by atoms with Crippen LogP contribution in [0.2, 0.25) is 10.0 Å². The number of fused-ring (bicyclic) bond motifs is 1. The van der Waals surface area contributed by atoms with Gasteiger partial charge in [0.15, 0.2) is 5.13 Å². The normalized spacial score (nSPS) is 11.0. The molecule has 0 atom stereocenters. The van der Waals surface area contributed by atoms with Gasteiger partial charge in [-0.05, 0) is 18.6 Å². The maximum absolute atomic E-state index is 5.96. The predicted molar refractivity (Wildman–Crippen MR) is 58.8 cm³/mol. The zero-order valence-electron chi connectivity index (χ0n) is 6.77. The number of hydrogen-bond acceptors (Lipinski definition) is 3. The molecule has 2 nitrogen and oxygen atoms in total. The van der Waals surface area contributed by atoms with E-state index >= 15 is 0 Å². The molecule has 0 bridgehead atoms. The minimum atomic E-state index is 0.538. The molecule has 13 heavy (non-hydrogen) atoms. The Morgan fingerprint density at radius 3 is 2.85 bits per heavy atom. The van der Waals surface area contributed by atoms with Gasteiger partial charge in [-0.1, -0.05) is 34.5 Å². The van der Waals surface area contributed by atoms with E-state index in [9.17, 15) is 0 Å². The summed E-state index contributed by atoms with van der Waals surface area (Å²) in [5.41, 5.74) is 7.31. The van der Waals surface area contributed by atoms with Gasteiger partial charge in [-0.3, -0.25) is 0 Å². The van der Waals surface area contributed by atoms with Crippen LogP contribution in [-0.4, -0.2) is 4.98 Å². The summed E-state index contributed by atoms with van der Waals surface area (Å²) in [5.74, 6) is 0. The van der Waals surface area contributed by atoms with Crippen LogP contribution in [0, 0.1) is 6.92 Å². The average molecular weight is 233 g/mol. The van der Waals surface area contributed by atoms with Gasteiger partial charge in [0.25, 0.3) is 0 Å². The first-order valence-electron chi connectivity index (χ1n) is 3.60. The molecule has 2 aromatic rings. The Morgan fingerprint density at radius 2 is 2.15 bits per heavy atom. The van der Waals surface area contributed by atoms with Crippen LogP contribution < -0.4 is 5.73 Å². The van der Waals surface area contributed by atoms with E-state index in [0.29, 0.717) is 15.2 Å². The van der Waals surface area contributed by atoms with E-state index in [0.717, 1.165) is 15.8 Å². The second-order valence-electron chi connectivity index (χ2n) is 2.70. The molecular formula is C8H6Cl2N2S. The molecule has 68 valence electrons. The van der Waals surface area contributed by atoms with Crippen LogP contribution in [-0.2, 0) is 0 Å². The number of rotatable bonds is 0. The van der Waals surface area contributed by atoms with Gasteiger partial charge in [0.05, 0.1) is 20.3 Å². The highest BCUT2D eigenvalue weighted by Crippen LogP contribution is 2.35. The van der Waals surface area contributed by atoms with Crippen molar-refractivity contribution in [2.45, 2.75) is 6.92 Å². The Balaban J connectivity index is 2.92. The van der Waals surface area contributed by atoms with E-state index in [1.54, 1.807) is 6.07 Å². The van der Waals surface area contributed by atoms with Crippen LogP contribution in [0.15, 0.2) is 6.07 Å². The topological polar surface area (TPSA) is 38.9 Å². The van der Waals surface area contributed by atoms with Gasteiger partial charge in [0, 0.05) is 0 Å². The summed E-state index contributed by atoms with van der Waals surface area (Å²) in [6.07, 6.45) is 0. The lowest BCUT2D eigenvalue weighted by atomic mass is 10.2. The molecule has 0 spiro atoms. The fourth-order valence-electron chi connectivity index (χ4n) is 1.18. The maximum atomic E-state index is 5.96. The summed E-state index contributed by atoms with van der Waals surface area (Å²) in [5, 5.41) is 1.64. The second kappa shape index (κ2) is 3.01. The van der Waals surface area contributed by atoms with Crippen molar-refractivity contribution in [3.05, 3.63) is 21.7 Å². The van der Waals surface area contributed by atoms with E-state index in [2.05, 4.69) is 4.98 Å². The molecule has 0 saturated carbocycles. The Kier molecular flexibility index (Phi) is 2.10. The van der Waals surface area contributed by atoms with E-state index in [-0.39, 0.29) is 0 Å². The van der Waals surface area contributed by atoms with E-state index in [1.807, 2.05) is 6.92 Å². The van der Waals surface area contributed by atoms with Crippen molar-refractivity contribution in [3.8, 4) is 0 Å². The fourth-order valence-corrected chi connectivity index (χ4v) is 2.47. The van der Waals surface area contributed by atoms with Crippen LogP contribution in [0.1, 0.15) is 5.56 Å². The highest BCUT2D eigenvalue weighted by atomic mass is 35.5. The lowest BCUT2D eigenvalue weighted by Gasteiger charge is -2.00. The van der Waals surface area contributed by atoms with Gasteiger partial charge < -0.3 is 5.73 Å². The van der Waals surface area contributed by atoms with Crippen LogP contribution in [0.3, 0.4) is 0 Å². The third-order valence-corrected chi connectivity index (χ3v) is 3.54. The quantitative estimate of drug-likeness (QED) is 0.756. The van der Waals surface area contributed by atoms with Gasteiger partial charge in [0.2, 0.25) is 0 Å². The standard InChI is InChI=1S/C8H6Cl2N2S/c1-3-6(10)4(9)2-5-7(3)12-8(11)13-5/h2H,1H3,(H2,11,12). The Labute approximate surface area is 89.3 Å². The first-order valence-corrected chi connectivity index (χ1v) is 5.17. The number of aromatic nitrogens is 1. The number of benzene rings is 1.